The molecule has 0 radical (unpaired) electrons. The molecule has 4 heteroatoms. The second-order valence-corrected chi connectivity index (χ2v) is 5.54. The van der Waals surface area contributed by atoms with Crippen molar-refractivity contribution in [2.45, 2.75) is 13.5 Å². The molecule has 2 nitrogen and oxygen atoms in total. The Hall–Kier alpha value is -1.68. The van der Waals surface area contributed by atoms with Gasteiger partial charge in [0, 0.05) is 18.1 Å². The maximum atomic E-state index is 14.0. The number of benzene rings is 2. The highest BCUT2D eigenvalue weighted by Crippen LogP contribution is 2.19. The van der Waals surface area contributed by atoms with E-state index in [0.29, 0.717) is 12.1 Å². The van der Waals surface area contributed by atoms with Gasteiger partial charge in [-0.15, -0.1) is 0 Å². The number of nitrogens with zero attached hydrogens (tertiary/aromatic N) is 1. The van der Waals surface area contributed by atoms with E-state index in [1.807, 2.05) is 24.3 Å². The summed E-state index contributed by atoms with van der Waals surface area (Å²) in [6, 6.07) is 12.5. The molecule has 0 spiro atoms. The van der Waals surface area contributed by atoms with Crippen molar-refractivity contribution in [1.29, 1.82) is 0 Å². The minimum Gasteiger partial charge on any atom is -0.337 e. The number of aryl methyl sites for hydroxylation is 1. The lowest BCUT2D eigenvalue weighted by atomic mass is 10.1. The number of hydrogen-bond acceptors (Lipinski definition) is 1. The van der Waals surface area contributed by atoms with Crippen molar-refractivity contribution >= 4 is 21.8 Å². The summed E-state index contributed by atoms with van der Waals surface area (Å²) < 4.78 is 14.9. The first kappa shape index (κ1) is 14.7. The Bertz CT molecular complexity index is 642. The van der Waals surface area contributed by atoms with Gasteiger partial charge >= 0.3 is 0 Å². The van der Waals surface area contributed by atoms with E-state index in [2.05, 4.69) is 15.9 Å². The summed E-state index contributed by atoms with van der Waals surface area (Å²) in [6.07, 6.45) is 0. The minimum absolute atomic E-state index is 0.111. The van der Waals surface area contributed by atoms with E-state index in [4.69, 9.17) is 0 Å². The molecule has 2 aromatic carbocycles. The number of halogens is 2. The zero-order valence-corrected chi connectivity index (χ0v) is 12.9. The Morgan fingerprint density at radius 3 is 2.60 bits per heavy atom. The van der Waals surface area contributed by atoms with E-state index in [1.54, 1.807) is 26.1 Å². The van der Waals surface area contributed by atoms with E-state index in [0.717, 1.165) is 10.0 Å². The SMILES string of the molecule is Cc1cccc(C(=O)N(C)Cc2ccccc2Br)c1F. The maximum absolute atomic E-state index is 14.0. The Kier molecular flexibility index (Phi) is 4.55. The van der Waals surface area contributed by atoms with Gasteiger partial charge in [-0.05, 0) is 30.2 Å². The van der Waals surface area contributed by atoms with Gasteiger partial charge in [-0.25, -0.2) is 4.39 Å². The average Bonchev–Trinajstić information content (AvgIpc) is 2.43. The van der Waals surface area contributed by atoms with Crippen LogP contribution in [0, 0.1) is 12.7 Å². The molecule has 0 saturated carbocycles. The molecule has 0 aliphatic carbocycles. The highest BCUT2D eigenvalue weighted by Gasteiger charge is 2.17. The summed E-state index contributed by atoms with van der Waals surface area (Å²) in [5.41, 5.74) is 1.57. The molecule has 0 heterocycles. The fourth-order valence-electron chi connectivity index (χ4n) is 1.97. The highest BCUT2D eigenvalue weighted by molar-refractivity contribution is 9.10. The Morgan fingerprint density at radius 2 is 1.90 bits per heavy atom. The van der Waals surface area contributed by atoms with Crippen molar-refractivity contribution in [3.63, 3.8) is 0 Å². The molecular weight excluding hydrogens is 321 g/mol. The number of carbonyl (C=O) groups excluding carboxylic acids is 1. The Labute approximate surface area is 126 Å². The Morgan fingerprint density at radius 1 is 1.20 bits per heavy atom. The zero-order chi connectivity index (χ0) is 14.7. The van der Waals surface area contributed by atoms with Crippen LogP contribution in [0.1, 0.15) is 21.5 Å². The molecule has 0 fully saturated rings. The van der Waals surface area contributed by atoms with Gasteiger partial charge in [0.2, 0.25) is 0 Å². The second kappa shape index (κ2) is 6.18. The molecule has 0 atom stereocenters. The highest BCUT2D eigenvalue weighted by atomic mass is 79.9. The molecular formula is C16H15BrFNO. The molecule has 0 aliphatic heterocycles. The maximum Gasteiger partial charge on any atom is 0.256 e. The lowest BCUT2D eigenvalue weighted by Gasteiger charge is -2.19. The van der Waals surface area contributed by atoms with Gasteiger partial charge < -0.3 is 4.90 Å². The summed E-state index contributed by atoms with van der Waals surface area (Å²) in [7, 11) is 1.67. The van der Waals surface area contributed by atoms with Gasteiger partial charge in [0.25, 0.3) is 5.91 Å². The summed E-state index contributed by atoms with van der Waals surface area (Å²) in [6.45, 7) is 2.08. The van der Waals surface area contributed by atoms with Gasteiger partial charge in [-0.2, -0.15) is 0 Å². The van der Waals surface area contributed by atoms with Crippen molar-refractivity contribution in [2.75, 3.05) is 7.05 Å². The van der Waals surface area contributed by atoms with Crippen LogP contribution >= 0.6 is 15.9 Å². The van der Waals surface area contributed by atoms with Crippen molar-refractivity contribution in [1.82, 2.24) is 4.90 Å². The van der Waals surface area contributed by atoms with Crippen LogP contribution in [0.5, 0.6) is 0 Å². The molecule has 104 valence electrons. The third-order valence-electron chi connectivity index (χ3n) is 3.13. The van der Waals surface area contributed by atoms with E-state index < -0.39 is 5.82 Å². The molecule has 20 heavy (non-hydrogen) atoms. The van der Waals surface area contributed by atoms with Gasteiger partial charge in [0.15, 0.2) is 0 Å². The predicted octanol–water partition coefficient (Wildman–Crippen LogP) is 4.17. The molecule has 0 bridgehead atoms. The van der Waals surface area contributed by atoms with Gasteiger partial charge in [-0.1, -0.05) is 46.3 Å². The van der Waals surface area contributed by atoms with Crippen LogP contribution in [0.25, 0.3) is 0 Å². The molecule has 2 rings (SSSR count). The first-order valence-electron chi connectivity index (χ1n) is 6.24. The number of carbonyl (C=O) groups is 1. The van der Waals surface area contributed by atoms with E-state index >= 15 is 0 Å². The van der Waals surface area contributed by atoms with Crippen LogP contribution in [0.4, 0.5) is 4.39 Å². The van der Waals surface area contributed by atoms with Crippen LogP contribution in [0.3, 0.4) is 0 Å². The van der Waals surface area contributed by atoms with Crippen molar-refractivity contribution in [3.05, 3.63) is 69.4 Å². The lowest BCUT2D eigenvalue weighted by Crippen LogP contribution is -2.27. The normalized spacial score (nSPS) is 10.4. The van der Waals surface area contributed by atoms with Gasteiger partial charge in [-0.3, -0.25) is 4.79 Å². The van der Waals surface area contributed by atoms with Crippen LogP contribution in [0.2, 0.25) is 0 Å². The quantitative estimate of drug-likeness (QED) is 0.824. The zero-order valence-electron chi connectivity index (χ0n) is 11.4. The number of rotatable bonds is 3. The minimum atomic E-state index is -0.448. The molecule has 0 aliphatic rings. The average molecular weight is 336 g/mol. The molecule has 2 aromatic rings. The third-order valence-corrected chi connectivity index (χ3v) is 3.91. The summed E-state index contributed by atoms with van der Waals surface area (Å²) >= 11 is 3.44. The monoisotopic (exact) mass is 335 g/mol. The first-order chi connectivity index (χ1) is 9.50. The van der Waals surface area contributed by atoms with Crippen molar-refractivity contribution in [3.8, 4) is 0 Å². The second-order valence-electron chi connectivity index (χ2n) is 4.69. The van der Waals surface area contributed by atoms with Crippen molar-refractivity contribution < 1.29 is 9.18 Å². The summed E-state index contributed by atoms with van der Waals surface area (Å²) in [4.78, 5) is 13.8. The van der Waals surface area contributed by atoms with E-state index in [-0.39, 0.29) is 11.5 Å². The van der Waals surface area contributed by atoms with Gasteiger partial charge in [0.1, 0.15) is 5.82 Å². The van der Waals surface area contributed by atoms with Crippen LogP contribution < -0.4 is 0 Å². The fraction of sp³-hybridized carbons (Fsp3) is 0.188. The molecule has 1 amide bonds. The van der Waals surface area contributed by atoms with Crippen molar-refractivity contribution in [2.24, 2.45) is 0 Å². The predicted molar refractivity (Wildman–Crippen MR) is 81.1 cm³/mol. The number of amides is 1. The first-order valence-corrected chi connectivity index (χ1v) is 7.04. The smallest absolute Gasteiger partial charge is 0.256 e. The van der Waals surface area contributed by atoms with Crippen LogP contribution in [-0.2, 0) is 6.54 Å². The standard InChI is InChI=1S/C16H15BrFNO/c1-11-6-5-8-13(15(11)18)16(20)19(2)10-12-7-3-4-9-14(12)17/h3-9H,10H2,1-2H3. The summed E-state index contributed by atoms with van der Waals surface area (Å²) in [5.74, 6) is -0.765. The topological polar surface area (TPSA) is 20.3 Å². The van der Waals surface area contributed by atoms with Crippen LogP contribution in [0.15, 0.2) is 46.9 Å². The largest absolute Gasteiger partial charge is 0.337 e. The fourth-order valence-corrected chi connectivity index (χ4v) is 2.38. The molecule has 0 saturated heterocycles. The van der Waals surface area contributed by atoms with E-state index in [1.165, 1.54) is 11.0 Å². The molecule has 0 N–H and O–H groups in total. The van der Waals surface area contributed by atoms with Gasteiger partial charge in [0.05, 0.1) is 5.56 Å². The number of hydrogen-bond donors (Lipinski definition) is 0. The molecule has 0 unspecified atom stereocenters. The van der Waals surface area contributed by atoms with Crippen LogP contribution in [-0.4, -0.2) is 17.9 Å². The molecule has 0 aromatic heterocycles. The lowest BCUT2D eigenvalue weighted by molar-refractivity contribution is 0.0780. The Balaban J connectivity index is 2.21. The summed E-state index contributed by atoms with van der Waals surface area (Å²) in [5, 5.41) is 0. The third kappa shape index (κ3) is 3.07. The van der Waals surface area contributed by atoms with E-state index in [9.17, 15) is 9.18 Å².